The molecule has 19 heavy (non-hydrogen) atoms. The molecule has 0 aromatic rings. The molecule has 6 heteroatoms. The Hall–Kier alpha value is -1.30. The van der Waals surface area contributed by atoms with Crippen LogP contribution in [0.3, 0.4) is 0 Å². The molecular weight excluding hydrogens is 248 g/mol. The highest BCUT2D eigenvalue weighted by atomic mass is 16.6. The fourth-order valence-electron chi connectivity index (χ4n) is 1.35. The Balaban J connectivity index is 3.82. The van der Waals surface area contributed by atoms with E-state index in [0.29, 0.717) is 6.61 Å². The number of ether oxygens (including phenoxy) is 2. The molecule has 0 spiro atoms. The molecule has 0 radical (unpaired) electrons. The van der Waals surface area contributed by atoms with Crippen LogP contribution < -0.4 is 10.6 Å². The molecule has 0 aromatic carbocycles. The van der Waals surface area contributed by atoms with Crippen LogP contribution in [-0.2, 0) is 14.3 Å². The number of hydrogen-bond donors (Lipinski definition) is 2. The van der Waals surface area contributed by atoms with Crippen LogP contribution in [0.4, 0.5) is 4.79 Å². The third kappa shape index (κ3) is 10.3. The normalized spacial score (nSPS) is 12.7. The van der Waals surface area contributed by atoms with E-state index >= 15 is 0 Å². The molecule has 1 atom stereocenters. The lowest BCUT2D eigenvalue weighted by Gasteiger charge is -2.20. The van der Waals surface area contributed by atoms with Gasteiger partial charge in [0.25, 0.3) is 0 Å². The number of methoxy groups -OCH3 is 1. The summed E-state index contributed by atoms with van der Waals surface area (Å²) in [4.78, 5) is 22.9. The van der Waals surface area contributed by atoms with Gasteiger partial charge in [0.2, 0.25) is 5.91 Å². The second-order valence-corrected chi connectivity index (χ2v) is 5.31. The monoisotopic (exact) mass is 274 g/mol. The van der Waals surface area contributed by atoms with Crippen LogP contribution in [0.2, 0.25) is 0 Å². The third-order valence-electron chi connectivity index (χ3n) is 2.25. The van der Waals surface area contributed by atoms with Gasteiger partial charge in [-0.15, -0.1) is 0 Å². The fraction of sp³-hybridized carbons (Fsp3) is 0.846. The molecule has 0 saturated heterocycles. The summed E-state index contributed by atoms with van der Waals surface area (Å²) in [5, 5.41) is 5.37. The molecule has 0 aliphatic rings. The van der Waals surface area contributed by atoms with E-state index < -0.39 is 11.7 Å². The molecule has 0 aromatic heterocycles. The molecule has 0 rings (SSSR count). The second kappa shape index (κ2) is 8.74. The second-order valence-electron chi connectivity index (χ2n) is 5.31. The van der Waals surface area contributed by atoms with Crippen LogP contribution in [0.1, 0.15) is 40.5 Å². The maximum absolute atomic E-state index is 11.6. The van der Waals surface area contributed by atoms with Gasteiger partial charge >= 0.3 is 6.09 Å². The van der Waals surface area contributed by atoms with Crippen LogP contribution in [0.5, 0.6) is 0 Å². The quantitative estimate of drug-likeness (QED) is 0.736. The predicted molar refractivity (Wildman–Crippen MR) is 73.0 cm³/mol. The van der Waals surface area contributed by atoms with Crippen molar-refractivity contribution in [2.75, 3.05) is 20.3 Å². The molecule has 0 bridgehead atoms. The Morgan fingerprint density at radius 1 is 1.26 bits per heavy atom. The first-order valence-corrected chi connectivity index (χ1v) is 6.53. The molecule has 6 nitrogen and oxygen atoms in total. The van der Waals surface area contributed by atoms with Crippen LogP contribution >= 0.6 is 0 Å². The lowest BCUT2D eigenvalue weighted by molar-refractivity contribution is -0.122. The summed E-state index contributed by atoms with van der Waals surface area (Å²) >= 11 is 0. The average Bonchev–Trinajstić information content (AvgIpc) is 2.25. The molecule has 0 saturated carbocycles. The van der Waals surface area contributed by atoms with Crippen molar-refractivity contribution in [3.8, 4) is 0 Å². The standard InChI is InChI=1S/C13H26N2O4/c1-6-10(9-18-5)15-11(16)7-8-14-12(17)19-13(2,3)4/h10H,6-9H2,1-5H3,(H,14,17)(H,15,16). The first kappa shape index (κ1) is 17.7. The lowest BCUT2D eigenvalue weighted by Crippen LogP contribution is -2.40. The van der Waals surface area contributed by atoms with Crippen LogP contribution in [0.15, 0.2) is 0 Å². The van der Waals surface area contributed by atoms with E-state index in [1.165, 1.54) is 0 Å². The molecule has 0 heterocycles. The van der Waals surface area contributed by atoms with Crippen LogP contribution in [0.25, 0.3) is 0 Å². The van der Waals surface area contributed by atoms with Crippen molar-refractivity contribution in [2.45, 2.75) is 52.2 Å². The fourth-order valence-corrected chi connectivity index (χ4v) is 1.35. The van der Waals surface area contributed by atoms with E-state index in [1.54, 1.807) is 27.9 Å². The molecule has 112 valence electrons. The Morgan fingerprint density at radius 2 is 1.89 bits per heavy atom. The van der Waals surface area contributed by atoms with Gasteiger partial charge in [0, 0.05) is 20.1 Å². The van der Waals surface area contributed by atoms with E-state index in [-0.39, 0.29) is 24.9 Å². The van der Waals surface area contributed by atoms with Gasteiger partial charge in [-0.3, -0.25) is 4.79 Å². The van der Waals surface area contributed by atoms with Gasteiger partial charge in [-0.2, -0.15) is 0 Å². The molecular formula is C13H26N2O4. The zero-order chi connectivity index (χ0) is 14.9. The average molecular weight is 274 g/mol. The van der Waals surface area contributed by atoms with E-state index in [0.717, 1.165) is 6.42 Å². The topological polar surface area (TPSA) is 76.7 Å². The zero-order valence-electron chi connectivity index (χ0n) is 12.5. The smallest absolute Gasteiger partial charge is 0.407 e. The predicted octanol–water partition coefficient (Wildman–Crippen LogP) is 1.44. The summed E-state index contributed by atoms with van der Waals surface area (Å²) in [5.41, 5.74) is -0.530. The van der Waals surface area contributed by atoms with Gasteiger partial charge in [0.15, 0.2) is 0 Å². The number of hydrogen-bond acceptors (Lipinski definition) is 4. The number of nitrogens with one attached hydrogen (secondary N) is 2. The van der Waals surface area contributed by atoms with Gasteiger partial charge in [-0.1, -0.05) is 6.92 Å². The Morgan fingerprint density at radius 3 is 2.37 bits per heavy atom. The lowest BCUT2D eigenvalue weighted by atomic mass is 10.2. The van der Waals surface area contributed by atoms with Gasteiger partial charge < -0.3 is 20.1 Å². The van der Waals surface area contributed by atoms with Crippen molar-refractivity contribution in [1.29, 1.82) is 0 Å². The first-order chi connectivity index (χ1) is 8.78. The van der Waals surface area contributed by atoms with Gasteiger partial charge in [0.05, 0.1) is 12.6 Å². The minimum atomic E-state index is -0.530. The van der Waals surface area contributed by atoms with Crippen molar-refractivity contribution >= 4 is 12.0 Å². The number of rotatable bonds is 7. The van der Waals surface area contributed by atoms with E-state index in [1.807, 2.05) is 6.92 Å². The molecule has 1 unspecified atom stereocenters. The minimum absolute atomic E-state index is 0.0130. The van der Waals surface area contributed by atoms with E-state index in [2.05, 4.69) is 10.6 Å². The summed E-state index contributed by atoms with van der Waals surface area (Å²) in [6.45, 7) is 8.08. The molecule has 0 fully saturated rings. The first-order valence-electron chi connectivity index (χ1n) is 6.53. The zero-order valence-corrected chi connectivity index (χ0v) is 12.5. The van der Waals surface area contributed by atoms with E-state index in [4.69, 9.17) is 9.47 Å². The minimum Gasteiger partial charge on any atom is -0.444 e. The molecule has 2 N–H and O–H groups in total. The van der Waals surface area contributed by atoms with Crippen LogP contribution in [-0.4, -0.2) is 43.9 Å². The summed E-state index contributed by atoms with van der Waals surface area (Å²) in [6.07, 6.45) is 0.516. The summed E-state index contributed by atoms with van der Waals surface area (Å²) < 4.78 is 10.0. The number of carbonyl (C=O) groups is 2. The van der Waals surface area contributed by atoms with Crippen molar-refractivity contribution < 1.29 is 19.1 Å². The number of carbonyl (C=O) groups excluding carboxylic acids is 2. The summed E-state index contributed by atoms with van der Waals surface area (Å²) in [6, 6.07) is 0.0130. The summed E-state index contributed by atoms with van der Waals surface area (Å²) in [5.74, 6) is -0.111. The number of amides is 2. The van der Waals surface area contributed by atoms with Crippen molar-refractivity contribution in [2.24, 2.45) is 0 Å². The Labute approximate surface area is 115 Å². The highest BCUT2D eigenvalue weighted by Gasteiger charge is 2.16. The van der Waals surface area contributed by atoms with Crippen molar-refractivity contribution in [3.05, 3.63) is 0 Å². The SMILES string of the molecule is CCC(COC)NC(=O)CCNC(=O)OC(C)(C)C. The molecule has 0 aliphatic heterocycles. The third-order valence-corrected chi connectivity index (χ3v) is 2.25. The summed E-state index contributed by atoms with van der Waals surface area (Å²) in [7, 11) is 1.60. The van der Waals surface area contributed by atoms with Crippen molar-refractivity contribution in [1.82, 2.24) is 10.6 Å². The maximum atomic E-state index is 11.6. The Kier molecular flexibility index (Phi) is 8.14. The van der Waals surface area contributed by atoms with Gasteiger partial charge in [0.1, 0.15) is 5.60 Å². The van der Waals surface area contributed by atoms with Gasteiger partial charge in [-0.05, 0) is 27.2 Å². The largest absolute Gasteiger partial charge is 0.444 e. The molecule has 0 aliphatic carbocycles. The highest BCUT2D eigenvalue weighted by Crippen LogP contribution is 2.06. The Bertz CT molecular complexity index is 287. The van der Waals surface area contributed by atoms with E-state index in [9.17, 15) is 9.59 Å². The highest BCUT2D eigenvalue weighted by molar-refractivity contribution is 5.77. The van der Waals surface area contributed by atoms with Crippen LogP contribution in [0, 0.1) is 0 Å². The van der Waals surface area contributed by atoms with Crippen molar-refractivity contribution in [3.63, 3.8) is 0 Å². The van der Waals surface area contributed by atoms with Gasteiger partial charge in [-0.25, -0.2) is 4.79 Å². The molecule has 2 amide bonds. The number of alkyl carbamates (subject to hydrolysis) is 1. The maximum Gasteiger partial charge on any atom is 0.407 e.